The molecule has 0 radical (unpaired) electrons. The summed E-state index contributed by atoms with van der Waals surface area (Å²) < 4.78 is 5.71. The molecule has 1 atom stereocenters. The Morgan fingerprint density at radius 2 is 2.36 bits per heavy atom. The number of morpholine rings is 1. The summed E-state index contributed by atoms with van der Waals surface area (Å²) in [5, 5.41) is 8.60. The van der Waals surface area contributed by atoms with Crippen LogP contribution >= 0.6 is 11.3 Å². The van der Waals surface area contributed by atoms with Gasteiger partial charge >= 0.3 is 6.03 Å². The minimum atomic E-state index is -0.169. The van der Waals surface area contributed by atoms with Crippen molar-refractivity contribution in [3.8, 4) is 0 Å². The van der Waals surface area contributed by atoms with Gasteiger partial charge in [0, 0.05) is 37.3 Å². The third-order valence-corrected chi connectivity index (χ3v) is 4.37. The second kappa shape index (κ2) is 8.45. The lowest BCUT2D eigenvalue weighted by molar-refractivity contribution is -0.0290. The molecule has 0 aliphatic carbocycles. The molecular weight excluding hydrogens is 300 g/mol. The second-order valence-corrected chi connectivity index (χ2v) is 7.04. The van der Waals surface area contributed by atoms with Crippen LogP contribution in [-0.4, -0.2) is 54.8 Å². The van der Waals surface area contributed by atoms with Gasteiger partial charge in [-0.05, 0) is 12.8 Å². The van der Waals surface area contributed by atoms with Crippen molar-refractivity contribution in [1.82, 2.24) is 20.5 Å². The van der Waals surface area contributed by atoms with E-state index in [4.69, 9.17) is 4.74 Å². The van der Waals surface area contributed by atoms with Crippen LogP contribution in [0.1, 0.15) is 24.5 Å². The highest BCUT2D eigenvalue weighted by Crippen LogP contribution is 2.08. The van der Waals surface area contributed by atoms with E-state index in [0.717, 1.165) is 36.9 Å². The highest BCUT2D eigenvalue weighted by molar-refractivity contribution is 7.09. The number of carbonyl (C=O) groups excluding carboxylic acids is 1. The van der Waals surface area contributed by atoms with E-state index in [-0.39, 0.29) is 12.1 Å². The molecular formula is C15H26N4O2S. The van der Waals surface area contributed by atoms with Crippen molar-refractivity contribution >= 4 is 17.4 Å². The molecule has 124 valence electrons. The van der Waals surface area contributed by atoms with Gasteiger partial charge in [-0.15, -0.1) is 11.3 Å². The maximum atomic E-state index is 11.8. The molecule has 2 amide bonds. The zero-order chi connectivity index (χ0) is 15.9. The number of aryl methyl sites for hydroxylation is 1. The molecule has 6 nitrogen and oxygen atoms in total. The molecule has 0 spiro atoms. The highest BCUT2D eigenvalue weighted by Gasteiger charge is 2.21. The Kier molecular flexibility index (Phi) is 6.60. The molecule has 1 aromatic heterocycles. The van der Waals surface area contributed by atoms with Crippen LogP contribution in [0.5, 0.6) is 0 Å². The zero-order valence-corrected chi connectivity index (χ0v) is 14.4. The van der Waals surface area contributed by atoms with Crippen molar-refractivity contribution in [2.75, 3.05) is 32.8 Å². The molecule has 1 fully saturated rings. The topological polar surface area (TPSA) is 66.5 Å². The number of thiazole rings is 1. The number of hydrogen-bond donors (Lipinski definition) is 2. The summed E-state index contributed by atoms with van der Waals surface area (Å²) >= 11 is 1.56. The molecule has 0 bridgehead atoms. The Balaban J connectivity index is 1.65. The first-order chi connectivity index (χ1) is 10.5. The summed E-state index contributed by atoms with van der Waals surface area (Å²) in [7, 11) is 0. The lowest BCUT2D eigenvalue weighted by atomic mass is 10.2. The molecule has 1 unspecified atom stereocenters. The molecule has 2 heterocycles. The van der Waals surface area contributed by atoms with Gasteiger partial charge < -0.3 is 15.4 Å². The number of carbonyl (C=O) groups is 1. The maximum absolute atomic E-state index is 11.8. The Morgan fingerprint density at radius 1 is 1.55 bits per heavy atom. The first-order valence-corrected chi connectivity index (χ1v) is 8.67. The van der Waals surface area contributed by atoms with Gasteiger partial charge in [0.15, 0.2) is 0 Å². The monoisotopic (exact) mass is 326 g/mol. The summed E-state index contributed by atoms with van der Waals surface area (Å²) in [5.41, 5.74) is 0.989. The van der Waals surface area contributed by atoms with Crippen LogP contribution in [0.3, 0.4) is 0 Å². The number of nitrogens with one attached hydrogen (secondary N) is 2. The molecule has 1 aromatic rings. The SMILES string of the molecule is Cc1csc(CNC(=O)NCC2CN(CC(C)C)CCO2)n1. The van der Waals surface area contributed by atoms with Crippen molar-refractivity contribution in [1.29, 1.82) is 0 Å². The van der Waals surface area contributed by atoms with Gasteiger partial charge in [-0.2, -0.15) is 0 Å². The largest absolute Gasteiger partial charge is 0.374 e. The van der Waals surface area contributed by atoms with Gasteiger partial charge in [0.05, 0.1) is 19.3 Å². The van der Waals surface area contributed by atoms with E-state index in [1.165, 1.54) is 0 Å². The fraction of sp³-hybridized carbons (Fsp3) is 0.733. The standard InChI is InChI=1S/C15H26N4O2S/c1-11(2)8-19-4-5-21-13(9-19)6-16-15(20)17-7-14-18-12(3)10-22-14/h10-11,13H,4-9H2,1-3H3,(H2,16,17,20). The molecule has 1 aliphatic rings. The zero-order valence-electron chi connectivity index (χ0n) is 13.6. The van der Waals surface area contributed by atoms with Gasteiger partial charge in [0.2, 0.25) is 0 Å². The van der Waals surface area contributed by atoms with E-state index in [1.54, 1.807) is 11.3 Å². The fourth-order valence-corrected chi connectivity index (χ4v) is 3.21. The van der Waals surface area contributed by atoms with Crippen molar-refractivity contribution < 1.29 is 9.53 Å². The van der Waals surface area contributed by atoms with Gasteiger partial charge in [-0.1, -0.05) is 13.8 Å². The average molecular weight is 326 g/mol. The molecule has 0 saturated carbocycles. The first kappa shape index (κ1) is 17.2. The van der Waals surface area contributed by atoms with E-state index in [0.29, 0.717) is 19.0 Å². The summed E-state index contributed by atoms with van der Waals surface area (Å²) in [6, 6.07) is -0.169. The Labute approximate surface area is 136 Å². The molecule has 1 aliphatic heterocycles. The van der Waals surface area contributed by atoms with E-state index in [2.05, 4.69) is 34.4 Å². The molecule has 7 heteroatoms. The minimum absolute atomic E-state index is 0.0698. The molecule has 22 heavy (non-hydrogen) atoms. The minimum Gasteiger partial charge on any atom is -0.374 e. The second-order valence-electron chi connectivity index (χ2n) is 6.09. The van der Waals surface area contributed by atoms with Crippen LogP contribution < -0.4 is 10.6 Å². The van der Waals surface area contributed by atoms with Crippen LogP contribution in [0, 0.1) is 12.8 Å². The lowest BCUT2D eigenvalue weighted by Crippen LogP contribution is -2.49. The molecule has 2 N–H and O–H groups in total. The van der Waals surface area contributed by atoms with Gasteiger partial charge in [-0.25, -0.2) is 9.78 Å². The first-order valence-electron chi connectivity index (χ1n) is 7.79. The molecule has 2 rings (SSSR count). The fourth-order valence-electron chi connectivity index (χ4n) is 2.49. The van der Waals surface area contributed by atoms with E-state index in [1.807, 2.05) is 12.3 Å². The van der Waals surface area contributed by atoms with E-state index < -0.39 is 0 Å². The van der Waals surface area contributed by atoms with Crippen molar-refractivity contribution in [2.24, 2.45) is 5.92 Å². The van der Waals surface area contributed by atoms with Gasteiger partial charge in [0.25, 0.3) is 0 Å². The van der Waals surface area contributed by atoms with Crippen molar-refractivity contribution in [3.05, 3.63) is 16.1 Å². The maximum Gasteiger partial charge on any atom is 0.315 e. The normalized spacial score (nSPS) is 19.4. The third kappa shape index (κ3) is 5.90. The average Bonchev–Trinajstić information content (AvgIpc) is 2.88. The highest BCUT2D eigenvalue weighted by atomic mass is 32.1. The predicted molar refractivity (Wildman–Crippen MR) is 88.1 cm³/mol. The smallest absolute Gasteiger partial charge is 0.315 e. The number of aromatic nitrogens is 1. The van der Waals surface area contributed by atoms with E-state index in [9.17, 15) is 4.79 Å². The Morgan fingerprint density at radius 3 is 3.05 bits per heavy atom. The number of rotatable bonds is 6. The summed E-state index contributed by atoms with van der Waals surface area (Å²) in [6.45, 7) is 11.1. The predicted octanol–water partition coefficient (Wildman–Crippen LogP) is 1.61. The molecule has 1 saturated heterocycles. The van der Waals surface area contributed by atoms with Crippen LogP contribution in [0.25, 0.3) is 0 Å². The summed E-state index contributed by atoms with van der Waals surface area (Å²) in [5.74, 6) is 0.650. The quantitative estimate of drug-likeness (QED) is 0.833. The third-order valence-electron chi connectivity index (χ3n) is 3.40. The lowest BCUT2D eigenvalue weighted by Gasteiger charge is -2.33. The number of ether oxygens (including phenoxy) is 1. The van der Waals surface area contributed by atoms with Crippen LogP contribution in [-0.2, 0) is 11.3 Å². The van der Waals surface area contributed by atoms with Gasteiger partial charge in [0.1, 0.15) is 5.01 Å². The van der Waals surface area contributed by atoms with Crippen molar-refractivity contribution in [3.63, 3.8) is 0 Å². The number of urea groups is 1. The van der Waals surface area contributed by atoms with E-state index >= 15 is 0 Å². The number of nitrogens with zero attached hydrogens (tertiary/aromatic N) is 2. The van der Waals surface area contributed by atoms with Crippen LogP contribution in [0.2, 0.25) is 0 Å². The Bertz CT molecular complexity index is 478. The number of hydrogen-bond acceptors (Lipinski definition) is 5. The van der Waals surface area contributed by atoms with Gasteiger partial charge in [-0.3, -0.25) is 4.90 Å². The Hall–Kier alpha value is -1.18. The summed E-state index contributed by atoms with van der Waals surface area (Å²) in [6.07, 6.45) is 0.0698. The number of amides is 2. The molecule has 0 aromatic carbocycles. The van der Waals surface area contributed by atoms with Crippen LogP contribution in [0.4, 0.5) is 4.79 Å². The van der Waals surface area contributed by atoms with Crippen molar-refractivity contribution in [2.45, 2.75) is 33.4 Å². The van der Waals surface area contributed by atoms with Crippen LogP contribution in [0.15, 0.2) is 5.38 Å². The summed E-state index contributed by atoms with van der Waals surface area (Å²) in [4.78, 5) is 18.5.